The standard InChI is InChI=1S/C17H24ClNOS/c18-15-10-13(17(12-19)7-1-2-8-17)5-6-16(15)20-14-4-3-9-21-11-14/h5-6,10,14H,1-4,7-9,11-12,19H2. The number of nitrogens with two attached hydrogens (primary N) is 1. The van der Waals surface area contributed by atoms with Gasteiger partial charge in [0.05, 0.1) is 5.02 Å². The molecule has 21 heavy (non-hydrogen) atoms. The van der Waals surface area contributed by atoms with E-state index in [4.69, 9.17) is 22.1 Å². The van der Waals surface area contributed by atoms with E-state index in [2.05, 4.69) is 12.1 Å². The molecule has 2 N–H and O–H groups in total. The molecular weight excluding hydrogens is 302 g/mol. The van der Waals surface area contributed by atoms with E-state index in [1.807, 2.05) is 17.8 Å². The molecule has 1 saturated carbocycles. The molecule has 1 saturated heterocycles. The summed E-state index contributed by atoms with van der Waals surface area (Å²) >= 11 is 8.44. The summed E-state index contributed by atoms with van der Waals surface area (Å²) in [5, 5.41) is 0.739. The zero-order valence-electron chi connectivity index (χ0n) is 12.4. The van der Waals surface area contributed by atoms with Crippen LogP contribution in [0, 0.1) is 0 Å². The van der Waals surface area contributed by atoms with Crippen molar-refractivity contribution in [2.24, 2.45) is 5.73 Å². The summed E-state index contributed by atoms with van der Waals surface area (Å²) in [5.41, 5.74) is 7.49. The number of ether oxygens (including phenoxy) is 1. The number of hydrogen-bond donors (Lipinski definition) is 1. The minimum atomic E-state index is 0.142. The van der Waals surface area contributed by atoms with Crippen molar-refractivity contribution in [3.05, 3.63) is 28.8 Å². The first-order valence-corrected chi connectivity index (χ1v) is 9.51. The van der Waals surface area contributed by atoms with Gasteiger partial charge in [0, 0.05) is 17.7 Å². The fraction of sp³-hybridized carbons (Fsp3) is 0.647. The summed E-state index contributed by atoms with van der Waals surface area (Å²) in [7, 11) is 0. The van der Waals surface area contributed by atoms with Crippen LogP contribution in [0.2, 0.25) is 5.02 Å². The highest BCUT2D eigenvalue weighted by atomic mass is 35.5. The van der Waals surface area contributed by atoms with Gasteiger partial charge >= 0.3 is 0 Å². The Morgan fingerprint density at radius 1 is 1.29 bits per heavy atom. The van der Waals surface area contributed by atoms with Crippen LogP contribution in [-0.2, 0) is 5.41 Å². The average Bonchev–Trinajstić information content (AvgIpc) is 3.00. The summed E-state index contributed by atoms with van der Waals surface area (Å²) in [6.07, 6.45) is 7.58. The van der Waals surface area contributed by atoms with Crippen molar-refractivity contribution >= 4 is 23.4 Å². The molecule has 0 spiro atoms. The lowest BCUT2D eigenvalue weighted by Gasteiger charge is -2.29. The Morgan fingerprint density at radius 3 is 2.71 bits per heavy atom. The van der Waals surface area contributed by atoms with Crippen LogP contribution in [0.15, 0.2) is 18.2 Å². The smallest absolute Gasteiger partial charge is 0.138 e. The van der Waals surface area contributed by atoms with Crippen molar-refractivity contribution in [2.45, 2.75) is 50.0 Å². The molecule has 0 aromatic heterocycles. The molecule has 2 nitrogen and oxygen atoms in total. The quantitative estimate of drug-likeness (QED) is 0.892. The molecule has 3 rings (SSSR count). The van der Waals surface area contributed by atoms with Gasteiger partial charge in [0.25, 0.3) is 0 Å². The van der Waals surface area contributed by atoms with Gasteiger partial charge in [0.2, 0.25) is 0 Å². The van der Waals surface area contributed by atoms with Crippen molar-refractivity contribution in [2.75, 3.05) is 18.1 Å². The molecule has 1 atom stereocenters. The second-order valence-corrected chi connectivity index (χ2v) is 7.85. The SMILES string of the molecule is NCC1(c2ccc(OC3CCCSC3)c(Cl)c2)CCCC1. The second kappa shape index (κ2) is 6.80. The molecule has 1 aromatic carbocycles. The molecule has 116 valence electrons. The third kappa shape index (κ3) is 3.35. The average molecular weight is 326 g/mol. The van der Waals surface area contributed by atoms with E-state index in [0.29, 0.717) is 12.6 Å². The third-order valence-electron chi connectivity index (χ3n) is 4.91. The highest BCUT2D eigenvalue weighted by molar-refractivity contribution is 7.99. The lowest BCUT2D eigenvalue weighted by molar-refractivity contribution is 0.211. The Hall–Kier alpha value is -0.380. The first kappa shape index (κ1) is 15.5. The van der Waals surface area contributed by atoms with Gasteiger partial charge in [-0.15, -0.1) is 0 Å². The predicted octanol–water partition coefficient (Wildman–Crippen LogP) is 4.38. The van der Waals surface area contributed by atoms with Crippen molar-refractivity contribution in [1.82, 2.24) is 0 Å². The topological polar surface area (TPSA) is 35.2 Å². The molecule has 1 aliphatic heterocycles. The minimum Gasteiger partial charge on any atom is -0.488 e. The Labute approximate surface area is 136 Å². The number of rotatable bonds is 4. The molecule has 1 aromatic rings. The van der Waals surface area contributed by atoms with Crippen LogP contribution < -0.4 is 10.5 Å². The summed E-state index contributed by atoms with van der Waals surface area (Å²) in [5.74, 6) is 3.16. The third-order valence-corrected chi connectivity index (χ3v) is 6.39. The van der Waals surface area contributed by atoms with Gasteiger partial charge in [-0.1, -0.05) is 30.5 Å². The summed E-state index contributed by atoms with van der Waals surface area (Å²) in [4.78, 5) is 0. The number of benzene rings is 1. The zero-order chi connectivity index (χ0) is 14.7. The van der Waals surface area contributed by atoms with E-state index >= 15 is 0 Å². The molecular formula is C17H24ClNOS. The first-order chi connectivity index (χ1) is 10.2. The molecule has 2 fully saturated rings. The lowest BCUT2D eigenvalue weighted by Crippen LogP contribution is -2.32. The summed E-state index contributed by atoms with van der Waals surface area (Å²) < 4.78 is 6.09. The van der Waals surface area contributed by atoms with Crippen LogP contribution in [0.25, 0.3) is 0 Å². The van der Waals surface area contributed by atoms with Gasteiger partial charge in [-0.3, -0.25) is 0 Å². The van der Waals surface area contributed by atoms with Crippen LogP contribution in [0.4, 0.5) is 0 Å². The van der Waals surface area contributed by atoms with Gasteiger partial charge in [0.1, 0.15) is 11.9 Å². The van der Waals surface area contributed by atoms with Crippen LogP contribution in [0.3, 0.4) is 0 Å². The van der Waals surface area contributed by atoms with E-state index in [1.54, 1.807) is 0 Å². The first-order valence-electron chi connectivity index (χ1n) is 7.98. The van der Waals surface area contributed by atoms with E-state index in [0.717, 1.165) is 22.9 Å². The Kier molecular flexibility index (Phi) is 5.03. The van der Waals surface area contributed by atoms with Crippen molar-refractivity contribution in [3.8, 4) is 5.75 Å². The van der Waals surface area contributed by atoms with Crippen LogP contribution >= 0.6 is 23.4 Å². The number of halogens is 1. The van der Waals surface area contributed by atoms with E-state index < -0.39 is 0 Å². The molecule has 0 amide bonds. The maximum Gasteiger partial charge on any atom is 0.138 e. The van der Waals surface area contributed by atoms with Crippen LogP contribution in [0.5, 0.6) is 5.75 Å². The molecule has 0 radical (unpaired) electrons. The Balaban J connectivity index is 1.76. The molecule has 1 aliphatic carbocycles. The molecule has 1 unspecified atom stereocenters. The van der Waals surface area contributed by atoms with Crippen molar-refractivity contribution in [3.63, 3.8) is 0 Å². The van der Waals surface area contributed by atoms with Gasteiger partial charge in [-0.2, -0.15) is 11.8 Å². The molecule has 4 heteroatoms. The monoisotopic (exact) mass is 325 g/mol. The fourth-order valence-corrected chi connectivity index (χ4v) is 4.83. The number of hydrogen-bond acceptors (Lipinski definition) is 3. The minimum absolute atomic E-state index is 0.142. The predicted molar refractivity (Wildman–Crippen MR) is 91.6 cm³/mol. The van der Waals surface area contributed by atoms with Crippen LogP contribution in [-0.4, -0.2) is 24.2 Å². The van der Waals surface area contributed by atoms with Crippen molar-refractivity contribution < 1.29 is 4.74 Å². The van der Waals surface area contributed by atoms with Gasteiger partial charge in [-0.05, 0) is 49.1 Å². The van der Waals surface area contributed by atoms with Gasteiger partial charge in [-0.25, -0.2) is 0 Å². The second-order valence-electron chi connectivity index (χ2n) is 6.29. The lowest BCUT2D eigenvalue weighted by atomic mass is 9.79. The maximum absolute atomic E-state index is 6.47. The number of thioether (sulfide) groups is 1. The van der Waals surface area contributed by atoms with Gasteiger partial charge < -0.3 is 10.5 Å². The Morgan fingerprint density at radius 2 is 2.10 bits per heavy atom. The molecule has 2 aliphatic rings. The normalized spacial score (nSPS) is 25.0. The fourth-order valence-electron chi connectivity index (χ4n) is 3.57. The summed E-state index contributed by atoms with van der Waals surface area (Å²) in [6, 6.07) is 6.31. The van der Waals surface area contributed by atoms with Crippen molar-refractivity contribution in [1.29, 1.82) is 0 Å². The van der Waals surface area contributed by atoms with E-state index in [-0.39, 0.29) is 5.41 Å². The maximum atomic E-state index is 6.47. The van der Waals surface area contributed by atoms with E-state index in [1.165, 1.54) is 43.4 Å². The summed E-state index contributed by atoms with van der Waals surface area (Å²) in [6.45, 7) is 0.711. The molecule has 1 heterocycles. The molecule has 0 bridgehead atoms. The zero-order valence-corrected chi connectivity index (χ0v) is 14.0. The Bertz CT molecular complexity index is 482. The van der Waals surface area contributed by atoms with Gasteiger partial charge in [0.15, 0.2) is 0 Å². The van der Waals surface area contributed by atoms with E-state index in [9.17, 15) is 0 Å². The largest absolute Gasteiger partial charge is 0.488 e. The highest BCUT2D eigenvalue weighted by Crippen LogP contribution is 2.42. The van der Waals surface area contributed by atoms with Crippen LogP contribution in [0.1, 0.15) is 44.1 Å². The highest BCUT2D eigenvalue weighted by Gasteiger charge is 2.34.